The molecule has 23 heavy (non-hydrogen) atoms. The summed E-state index contributed by atoms with van der Waals surface area (Å²) >= 11 is 0. The topological polar surface area (TPSA) is 70.7 Å². The van der Waals surface area contributed by atoms with Crippen LogP contribution in [0.2, 0.25) is 0 Å². The van der Waals surface area contributed by atoms with Crippen molar-refractivity contribution in [2.24, 2.45) is 5.92 Å². The normalized spacial score (nSPS) is 19.0. The van der Waals surface area contributed by atoms with Gasteiger partial charge in [0.05, 0.1) is 19.8 Å². The Morgan fingerprint density at radius 2 is 1.65 bits per heavy atom. The van der Waals surface area contributed by atoms with Crippen LogP contribution in [0.5, 0.6) is 0 Å². The molecular weight excluding hydrogens is 294 g/mol. The van der Waals surface area contributed by atoms with Crippen molar-refractivity contribution in [3.63, 3.8) is 0 Å². The maximum Gasteiger partial charge on any atom is 0.238 e. The smallest absolute Gasteiger partial charge is 0.238 e. The molecule has 2 fully saturated rings. The van der Waals surface area contributed by atoms with Crippen molar-refractivity contribution < 1.29 is 14.3 Å². The van der Waals surface area contributed by atoms with Gasteiger partial charge in [0.2, 0.25) is 11.8 Å². The van der Waals surface area contributed by atoms with Crippen LogP contribution in [-0.2, 0) is 14.3 Å². The van der Waals surface area contributed by atoms with Crippen molar-refractivity contribution in [3.8, 4) is 0 Å². The Labute approximate surface area is 136 Å². The first-order chi connectivity index (χ1) is 11.2. The molecule has 1 aromatic carbocycles. The van der Waals surface area contributed by atoms with Crippen LogP contribution in [0, 0.1) is 5.92 Å². The van der Waals surface area contributed by atoms with Crippen LogP contribution in [-0.4, -0.2) is 49.6 Å². The van der Waals surface area contributed by atoms with E-state index in [-0.39, 0.29) is 17.7 Å². The number of anilines is 2. The predicted molar refractivity (Wildman–Crippen MR) is 88.3 cm³/mol. The van der Waals surface area contributed by atoms with Gasteiger partial charge in [-0.25, -0.2) is 0 Å². The van der Waals surface area contributed by atoms with E-state index in [1.165, 1.54) is 0 Å². The van der Waals surface area contributed by atoms with Gasteiger partial charge in [0.25, 0.3) is 0 Å². The molecule has 124 valence electrons. The van der Waals surface area contributed by atoms with Crippen molar-refractivity contribution in [2.45, 2.75) is 19.3 Å². The number of amides is 2. The van der Waals surface area contributed by atoms with Gasteiger partial charge in [-0.2, -0.15) is 0 Å². The van der Waals surface area contributed by atoms with E-state index < -0.39 is 0 Å². The lowest BCUT2D eigenvalue weighted by Gasteiger charge is -2.25. The van der Waals surface area contributed by atoms with Gasteiger partial charge in [-0.1, -0.05) is 6.42 Å². The minimum absolute atomic E-state index is 0.0295. The van der Waals surface area contributed by atoms with Gasteiger partial charge in [0, 0.05) is 30.4 Å². The molecule has 0 spiro atoms. The number of rotatable bonds is 5. The molecule has 1 aromatic rings. The number of benzene rings is 1. The fraction of sp³-hybridized carbons (Fsp3) is 0.529. The van der Waals surface area contributed by atoms with Gasteiger partial charge >= 0.3 is 0 Å². The molecule has 1 aliphatic carbocycles. The highest BCUT2D eigenvalue weighted by Crippen LogP contribution is 2.27. The molecule has 2 N–H and O–H groups in total. The fourth-order valence-electron chi connectivity index (χ4n) is 2.71. The average Bonchev–Trinajstić information content (AvgIpc) is 2.48. The van der Waals surface area contributed by atoms with Gasteiger partial charge < -0.3 is 15.4 Å². The molecule has 1 heterocycles. The molecule has 1 aliphatic heterocycles. The number of ether oxygens (including phenoxy) is 1. The fourth-order valence-corrected chi connectivity index (χ4v) is 2.71. The van der Waals surface area contributed by atoms with Crippen LogP contribution in [0.1, 0.15) is 19.3 Å². The van der Waals surface area contributed by atoms with E-state index in [1.807, 2.05) is 24.3 Å². The Balaban J connectivity index is 1.46. The highest BCUT2D eigenvalue weighted by molar-refractivity contribution is 5.94. The van der Waals surface area contributed by atoms with Crippen LogP contribution < -0.4 is 10.6 Å². The second kappa shape index (κ2) is 7.57. The number of carbonyl (C=O) groups is 2. The maximum atomic E-state index is 12.0. The lowest BCUT2D eigenvalue weighted by atomic mass is 9.85. The highest BCUT2D eigenvalue weighted by atomic mass is 16.5. The third kappa shape index (κ3) is 4.53. The number of nitrogens with one attached hydrogen (secondary N) is 2. The largest absolute Gasteiger partial charge is 0.379 e. The summed E-state index contributed by atoms with van der Waals surface area (Å²) in [5.41, 5.74) is 1.51. The summed E-state index contributed by atoms with van der Waals surface area (Å²) in [4.78, 5) is 26.0. The lowest BCUT2D eigenvalue weighted by molar-refractivity contribution is -0.122. The third-order valence-corrected chi connectivity index (χ3v) is 4.38. The summed E-state index contributed by atoms with van der Waals surface area (Å²) in [5, 5.41) is 5.80. The number of nitrogens with zero attached hydrogens (tertiary/aromatic N) is 1. The first-order valence-corrected chi connectivity index (χ1v) is 8.21. The zero-order chi connectivity index (χ0) is 16.1. The summed E-state index contributed by atoms with van der Waals surface area (Å²) < 4.78 is 5.27. The molecule has 0 aromatic heterocycles. The molecule has 0 unspecified atom stereocenters. The second-order valence-corrected chi connectivity index (χ2v) is 6.13. The monoisotopic (exact) mass is 317 g/mol. The Bertz CT molecular complexity index is 549. The Morgan fingerprint density at radius 1 is 1.04 bits per heavy atom. The van der Waals surface area contributed by atoms with Gasteiger partial charge in [-0.15, -0.1) is 0 Å². The second-order valence-electron chi connectivity index (χ2n) is 6.13. The summed E-state index contributed by atoms with van der Waals surface area (Å²) in [7, 11) is 0. The van der Waals surface area contributed by atoms with Crippen LogP contribution >= 0.6 is 0 Å². The number of carbonyl (C=O) groups excluding carboxylic acids is 2. The minimum Gasteiger partial charge on any atom is -0.379 e. The van der Waals surface area contributed by atoms with Crippen LogP contribution in [0.15, 0.2) is 24.3 Å². The molecule has 2 aliphatic rings. The molecule has 6 nitrogen and oxygen atoms in total. The zero-order valence-electron chi connectivity index (χ0n) is 13.2. The predicted octanol–water partition coefficient (Wildman–Crippen LogP) is 1.70. The lowest BCUT2D eigenvalue weighted by Crippen LogP contribution is -2.41. The van der Waals surface area contributed by atoms with Crippen LogP contribution in [0.3, 0.4) is 0 Å². The summed E-state index contributed by atoms with van der Waals surface area (Å²) in [6, 6.07) is 7.27. The van der Waals surface area contributed by atoms with E-state index in [4.69, 9.17) is 4.74 Å². The standard InChI is InChI=1S/C17H23N3O3/c21-16(12-20-8-10-23-11-9-20)18-14-4-6-15(7-5-14)19-17(22)13-2-1-3-13/h4-7,13H,1-3,8-12H2,(H,18,21)(H,19,22). The van der Waals surface area contributed by atoms with Crippen molar-refractivity contribution in [1.82, 2.24) is 4.90 Å². The van der Waals surface area contributed by atoms with Crippen molar-refractivity contribution in [1.29, 1.82) is 0 Å². The maximum absolute atomic E-state index is 12.0. The van der Waals surface area contributed by atoms with E-state index >= 15 is 0 Å². The SMILES string of the molecule is O=C(CN1CCOCC1)Nc1ccc(NC(=O)C2CCC2)cc1. The van der Waals surface area contributed by atoms with Gasteiger partial charge in [0.15, 0.2) is 0 Å². The number of hydrogen-bond donors (Lipinski definition) is 2. The van der Waals surface area contributed by atoms with E-state index in [9.17, 15) is 9.59 Å². The first-order valence-electron chi connectivity index (χ1n) is 8.21. The summed E-state index contributed by atoms with van der Waals surface area (Å²) in [6.45, 7) is 3.33. The first kappa shape index (κ1) is 16.0. The molecule has 1 saturated carbocycles. The van der Waals surface area contributed by atoms with E-state index in [0.29, 0.717) is 19.8 Å². The number of morpholine rings is 1. The van der Waals surface area contributed by atoms with Gasteiger partial charge in [0.1, 0.15) is 0 Å². The van der Waals surface area contributed by atoms with Crippen LogP contribution in [0.25, 0.3) is 0 Å². The Hall–Kier alpha value is -1.92. The molecule has 3 rings (SSSR count). The molecule has 0 radical (unpaired) electrons. The quantitative estimate of drug-likeness (QED) is 0.867. The molecule has 0 atom stereocenters. The highest BCUT2D eigenvalue weighted by Gasteiger charge is 2.25. The van der Waals surface area contributed by atoms with Crippen molar-refractivity contribution in [3.05, 3.63) is 24.3 Å². The van der Waals surface area contributed by atoms with Crippen molar-refractivity contribution in [2.75, 3.05) is 43.5 Å². The molecule has 6 heteroatoms. The molecule has 2 amide bonds. The average molecular weight is 317 g/mol. The third-order valence-electron chi connectivity index (χ3n) is 4.38. The zero-order valence-corrected chi connectivity index (χ0v) is 13.2. The van der Waals surface area contributed by atoms with Crippen LogP contribution in [0.4, 0.5) is 11.4 Å². The minimum atomic E-state index is -0.0295. The van der Waals surface area contributed by atoms with E-state index in [2.05, 4.69) is 15.5 Å². The van der Waals surface area contributed by atoms with E-state index in [1.54, 1.807) is 0 Å². The molecular formula is C17H23N3O3. The summed E-state index contributed by atoms with van der Waals surface area (Å²) in [5.74, 6) is 0.237. The Morgan fingerprint density at radius 3 is 2.22 bits per heavy atom. The Kier molecular flexibility index (Phi) is 5.25. The number of hydrogen-bond acceptors (Lipinski definition) is 4. The van der Waals surface area contributed by atoms with E-state index in [0.717, 1.165) is 43.7 Å². The van der Waals surface area contributed by atoms with Gasteiger partial charge in [-0.3, -0.25) is 14.5 Å². The van der Waals surface area contributed by atoms with Gasteiger partial charge in [-0.05, 0) is 37.1 Å². The van der Waals surface area contributed by atoms with Crippen molar-refractivity contribution >= 4 is 23.2 Å². The summed E-state index contributed by atoms with van der Waals surface area (Å²) in [6.07, 6.45) is 3.12. The molecule has 1 saturated heterocycles. The molecule has 0 bridgehead atoms.